The van der Waals surface area contributed by atoms with E-state index in [1.165, 1.54) is 11.6 Å². The van der Waals surface area contributed by atoms with Crippen LogP contribution in [0, 0.1) is 13.8 Å². The molecule has 0 bridgehead atoms. The van der Waals surface area contributed by atoms with E-state index in [9.17, 15) is 15.0 Å². The summed E-state index contributed by atoms with van der Waals surface area (Å²) in [7, 11) is 1.87. The van der Waals surface area contributed by atoms with Crippen molar-refractivity contribution >= 4 is 11.6 Å². The monoisotopic (exact) mass is 326 g/mol. The second kappa shape index (κ2) is 6.07. The summed E-state index contributed by atoms with van der Waals surface area (Å²) in [5, 5.41) is 23.1. The molecule has 2 aromatic carbocycles. The van der Waals surface area contributed by atoms with E-state index in [0.29, 0.717) is 24.2 Å². The van der Waals surface area contributed by atoms with Gasteiger partial charge in [-0.15, -0.1) is 0 Å². The Kier molecular flexibility index (Phi) is 4.09. The molecular formula is C19H22N2O3. The van der Waals surface area contributed by atoms with Crippen LogP contribution in [-0.2, 0) is 13.0 Å². The fourth-order valence-electron chi connectivity index (χ4n) is 3.20. The van der Waals surface area contributed by atoms with Crippen molar-refractivity contribution in [2.24, 2.45) is 0 Å². The third-order valence-corrected chi connectivity index (χ3v) is 4.86. The first-order valence-corrected chi connectivity index (χ1v) is 8.03. The van der Waals surface area contributed by atoms with Gasteiger partial charge < -0.3 is 20.4 Å². The van der Waals surface area contributed by atoms with Gasteiger partial charge in [-0.1, -0.05) is 6.07 Å². The molecule has 0 aromatic heterocycles. The molecule has 0 fully saturated rings. The number of nitrogens with zero attached hydrogens (tertiary/aromatic N) is 1. The van der Waals surface area contributed by atoms with Crippen molar-refractivity contribution in [3.63, 3.8) is 0 Å². The number of hydrogen-bond acceptors (Lipinski definition) is 4. The molecule has 0 atom stereocenters. The lowest BCUT2D eigenvalue weighted by Crippen LogP contribution is -2.36. The molecule has 1 heterocycles. The smallest absolute Gasteiger partial charge is 0.258 e. The summed E-state index contributed by atoms with van der Waals surface area (Å²) in [6.07, 6.45) is 0.794. The molecule has 1 aliphatic heterocycles. The maximum Gasteiger partial charge on any atom is 0.258 e. The van der Waals surface area contributed by atoms with Gasteiger partial charge in [0.15, 0.2) is 0 Å². The van der Waals surface area contributed by atoms with Gasteiger partial charge in [0.25, 0.3) is 5.91 Å². The van der Waals surface area contributed by atoms with Gasteiger partial charge in [-0.3, -0.25) is 4.79 Å². The Morgan fingerprint density at radius 1 is 1.08 bits per heavy atom. The first-order chi connectivity index (χ1) is 11.4. The molecule has 5 nitrogen and oxygen atoms in total. The summed E-state index contributed by atoms with van der Waals surface area (Å²) >= 11 is 0. The summed E-state index contributed by atoms with van der Waals surface area (Å²) in [6.45, 7) is 4.62. The third kappa shape index (κ3) is 2.66. The molecule has 0 unspecified atom stereocenters. The Morgan fingerprint density at radius 3 is 2.54 bits per heavy atom. The minimum absolute atomic E-state index is 0.00389. The molecule has 0 aliphatic carbocycles. The van der Waals surface area contributed by atoms with Gasteiger partial charge in [-0.25, -0.2) is 0 Å². The van der Waals surface area contributed by atoms with Crippen LogP contribution in [0.2, 0.25) is 0 Å². The largest absolute Gasteiger partial charge is 0.508 e. The molecule has 3 rings (SSSR count). The Morgan fingerprint density at radius 2 is 1.83 bits per heavy atom. The highest BCUT2D eigenvalue weighted by atomic mass is 16.3. The number of rotatable bonds is 2. The van der Waals surface area contributed by atoms with Gasteiger partial charge in [-0.05, 0) is 54.7 Å². The zero-order chi connectivity index (χ0) is 17.4. The predicted molar refractivity (Wildman–Crippen MR) is 93.7 cm³/mol. The molecule has 0 saturated carbocycles. The topological polar surface area (TPSA) is 72.8 Å². The van der Waals surface area contributed by atoms with Gasteiger partial charge in [0.05, 0.1) is 5.56 Å². The molecule has 24 heavy (non-hydrogen) atoms. The number of anilines is 1. The van der Waals surface area contributed by atoms with Crippen molar-refractivity contribution in [1.82, 2.24) is 4.90 Å². The van der Waals surface area contributed by atoms with Gasteiger partial charge in [0.1, 0.15) is 11.5 Å². The number of phenols is 2. The minimum Gasteiger partial charge on any atom is -0.508 e. The molecule has 0 spiro atoms. The number of carbonyl (C=O) groups excluding carboxylic acids is 1. The number of amides is 1. The van der Waals surface area contributed by atoms with E-state index in [1.807, 2.05) is 13.1 Å². The van der Waals surface area contributed by atoms with Crippen LogP contribution in [0.25, 0.3) is 0 Å². The van der Waals surface area contributed by atoms with E-state index in [1.54, 1.807) is 18.7 Å². The first-order valence-electron chi connectivity index (χ1n) is 8.03. The average Bonchev–Trinajstić information content (AvgIpc) is 2.58. The Bertz CT molecular complexity index is 815. The minimum atomic E-state index is -0.200. The van der Waals surface area contributed by atoms with Gasteiger partial charge in [0.2, 0.25) is 0 Å². The van der Waals surface area contributed by atoms with Gasteiger partial charge >= 0.3 is 0 Å². The van der Waals surface area contributed by atoms with Crippen LogP contribution in [0.5, 0.6) is 11.5 Å². The lowest BCUT2D eigenvalue weighted by molar-refractivity contribution is 0.0730. The quantitative estimate of drug-likeness (QED) is 0.793. The predicted octanol–water partition coefficient (Wildman–Crippen LogP) is 2.95. The first kappa shape index (κ1) is 16.2. The SMILES string of the molecule is CNc1ccc2c(c1)CN(C(=O)c1c(O)cc(O)c(C)c1C)CC2. The van der Waals surface area contributed by atoms with Crippen molar-refractivity contribution in [2.75, 3.05) is 18.9 Å². The highest BCUT2D eigenvalue weighted by molar-refractivity contribution is 5.99. The van der Waals surface area contributed by atoms with Crippen LogP contribution in [-0.4, -0.2) is 34.6 Å². The number of carbonyl (C=O) groups is 1. The Hall–Kier alpha value is -2.69. The molecule has 126 valence electrons. The van der Waals surface area contributed by atoms with Crippen LogP contribution < -0.4 is 5.32 Å². The summed E-state index contributed by atoms with van der Waals surface area (Å²) in [6, 6.07) is 7.43. The zero-order valence-electron chi connectivity index (χ0n) is 14.2. The Labute approximate surface area is 141 Å². The van der Waals surface area contributed by atoms with Crippen LogP contribution in [0.4, 0.5) is 5.69 Å². The van der Waals surface area contributed by atoms with E-state index in [2.05, 4.69) is 17.4 Å². The van der Waals surface area contributed by atoms with Gasteiger partial charge in [-0.2, -0.15) is 0 Å². The number of aromatic hydroxyl groups is 2. The lowest BCUT2D eigenvalue weighted by Gasteiger charge is -2.30. The normalized spacial score (nSPS) is 13.5. The number of fused-ring (bicyclic) bond motifs is 1. The number of hydrogen-bond donors (Lipinski definition) is 3. The second-order valence-electron chi connectivity index (χ2n) is 6.25. The highest BCUT2D eigenvalue weighted by Gasteiger charge is 2.26. The van der Waals surface area contributed by atoms with E-state index in [0.717, 1.165) is 17.7 Å². The van der Waals surface area contributed by atoms with E-state index >= 15 is 0 Å². The summed E-state index contributed by atoms with van der Waals surface area (Å²) in [5.74, 6) is -0.367. The molecule has 0 saturated heterocycles. The summed E-state index contributed by atoms with van der Waals surface area (Å²) in [5.41, 5.74) is 4.90. The van der Waals surface area contributed by atoms with Crippen molar-refractivity contribution in [2.45, 2.75) is 26.8 Å². The maximum atomic E-state index is 12.9. The summed E-state index contributed by atoms with van der Waals surface area (Å²) < 4.78 is 0. The molecule has 3 N–H and O–H groups in total. The lowest BCUT2D eigenvalue weighted by atomic mass is 9.96. The third-order valence-electron chi connectivity index (χ3n) is 4.86. The van der Waals surface area contributed by atoms with Crippen LogP contribution >= 0.6 is 0 Å². The standard InChI is InChI=1S/C19H22N2O3/c1-11-12(2)18(17(23)9-16(11)22)19(24)21-7-6-13-4-5-15(20-3)8-14(13)10-21/h4-5,8-9,20,22-23H,6-7,10H2,1-3H3. The Balaban J connectivity index is 1.93. The van der Waals surface area contributed by atoms with Gasteiger partial charge in [0, 0.05) is 31.9 Å². The van der Waals surface area contributed by atoms with Crippen LogP contribution in [0.15, 0.2) is 24.3 Å². The molecule has 5 heteroatoms. The van der Waals surface area contributed by atoms with Crippen molar-refractivity contribution in [3.8, 4) is 11.5 Å². The van der Waals surface area contributed by atoms with Crippen molar-refractivity contribution in [3.05, 3.63) is 52.1 Å². The molecule has 0 radical (unpaired) electrons. The molecule has 2 aromatic rings. The van der Waals surface area contributed by atoms with E-state index < -0.39 is 0 Å². The second-order valence-corrected chi connectivity index (χ2v) is 6.25. The van der Waals surface area contributed by atoms with Crippen molar-refractivity contribution < 1.29 is 15.0 Å². The van der Waals surface area contributed by atoms with Crippen molar-refractivity contribution in [1.29, 1.82) is 0 Å². The zero-order valence-corrected chi connectivity index (χ0v) is 14.2. The summed E-state index contributed by atoms with van der Waals surface area (Å²) in [4.78, 5) is 14.7. The van der Waals surface area contributed by atoms with E-state index in [4.69, 9.17) is 0 Å². The van der Waals surface area contributed by atoms with Crippen LogP contribution in [0.3, 0.4) is 0 Å². The molecule has 1 amide bonds. The molecular weight excluding hydrogens is 304 g/mol. The fourth-order valence-corrected chi connectivity index (χ4v) is 3.20. The van der Waals surface area contributed by atoms with Crippen LogP contribution in [0.1, 0.15) is 32.6 Å². The molecule has 1 aliphatic rings. The maximum absolute atomic E-state index is 12.9. The number of phenolic OH excluding ortho intramolecular Hbond substituents is 2. The number of nitrogens with one attached hydrogen (secondary N) is 1. The average molecular weight is 326 g/mol. The number of benzene rings is 2. The highest BCUT2D eigenvalue weighted by Crippen LogP contribution is 2.33. The fraction of sp³-hybridized carbons (Fsp3) is 0.316. The van der Waals surface area contributed by atoms with E-state index in [-0.39, 0.29) is 23.0 Å².